The molecule has 0 aliphatic heterocycles. The van der Waals surface area contributed by atoms with Crippen molar-refractivity contribution in [3.63, 3.8) is 0 Å². The molecular formula is C12H16ClN3O3. The molecule has 6 nitrogen and oxygen atoms in total. The Kier molecular flexibility index (Phi) is 3.54. The monoisotopic (exact) mass is 285 g/mol. The average Bonchev–Trinajstić information content (AvgIpc) is 2.91. The summed E-state index contributed by atoms with van der Waals surface area (Å²) in [6, 6.07) is 0. The van der Waals surface area contributed by atoms with Gasteiger partial charge in [0.15, 0.2) is 5.69 Å². The molecule has 1 aliphatic rings. The number of hydrogen-bond donors (Lipinski definition) is 2. The quantitative estimate of drug-likeness (QED) is 0.882. The number of carbonyl (C=O) groups excluding carboxylic acids is 1. The van der Waals surface area contributed by atoms with E-state index in [-0.39, 0.29) is 10.7 Å². The standard InChI is InChI=1S/C12H16ClN3O3/c1-7-8(13)9(15-16(7)2)10(17)14-12(11(18)19)5-3-4-6-12/h3-6H2,1-2H3,(H,14,17)(H,18,19). The number of rotatable bonds is 3. The second-order valence-corrected chi connectivity index (χ2v) is 5.30. The minimum atomic E-state index is -1.17. The van der Waals surface area contributed by atoms with Crippen molar-refractivity contribution in [2.24, 2.45) is 7.05 Å². The highest BCUT2D eigenvalue weighted by atomic mass is 35.5. The number of carbonyl (C=O) groups is 2. The molecule has 0 bridgehead atoms. The number of amides is 1. The lowest BCUT2D eigenvalue weighted by molar-refractivity contribution is -0.144. The first-order valence-corrected chi connectivity index (χ1v) is 6.50. The van der Waals surface area contributed by atoms with E-state index in [9.17, 15) is 14.7 Å². The van der Waals surface area contributed by atoms with Crippen molar-refractivity contribution in [3.05, 3.63) is 16.4 Å². The highest BCUT2D eigenvalue weighted by Gasteiger charge is 2.43. The topological polar surface area (TPSA) is 84.2 Å². The summed E-state index contributed by atoms with van der Waals surface area (Å²) < 4.78 is 1.50. The van der Waals surface area contributed by atoms with Gasteiger partial charge in [-0.3, -0.25) is 9.48 Å². The molecule has 1 saturated carbocycles. The number of hydrogen-bond acceptors (Lipinski definition) is 3. The van der Waals surface area contributed by atoms with Crippen LogP contribution in [0.5, 0.6) is 0 Å². The van der Waals surface area contributed by atoms with Crippen molar-refractivity contribution in [1.82, 2.24) is 15.1 Å². The largest absolute Gasteiger partial charge is 0.480 e. The van der Waals surface area contributed by atoms with Crippen LogP contribution in [0.4, 0.5) is 0 Å². The number of aryl methyl sites for hydroxylation is 1. The Hall–Kier alpha value is -1.56. The molecule has 1 amide bonds. The van der Waals surface area contributed by atoms with Crippen LogP contribution in [0.25, 0.3) is 0 Å². The van der Waals surface area contributed by atoms with Gasteiger partial charge in [-0.05, 0) is 19.8 Å². The molecule has 0 atom stereocenters. The van der Waals surface area contributed by atoms with Crippen LogP contribution < -0.4 is 5.32 Å². The third-order valence-corrected chi connectivity index (χ3v) is 4.15. The smallest absolute Gasteiger partial charge is 0.329 e. The summed E-state index contributed by atoms with van der Waals surface area (Å²) in [6.45, 7) is 1.74. The fourth-order valence-electron chi connectivity index (χ4n) is 2.37. The molecule has 7 heteroatoms. The third kappa shape index (κ3) is 2.32. The highest BCUT2D eigenvalue weighted by molar-refractivity contribution is 6.34. The summed E-state index contributed by atoms with van der Waals surface area (Å²) in [7, 11) is 1.68. The molecule has 1 aromatic heterocycles. The molecule has 0 spiro atoms. The van der Waals surface area contributed by atoms with E-state index in [0.29, 0.717) is 18.5 Å². The molecule has 0 saturated heterocycles. The summed E-state index contributed by atoms with van der Waals surface area (Å²) in [4.78, 5) is 23.5. The minimum absolute atomic E-state index is 0.0780. The molecule has 1 aliphatic carbocycles. The number of carboxylic acid groups (broad SMARTS) is 1. The molecule has 19 heavy (non-hydrogen) atoms. The Morgan fingerprint density at radius 1 is 1.42 bits per heavy atom. The molecular weight excluding hydrogens is 270 g/mol. The first kappa shape index (κ1) is 13.9. The van der Waals surface area contributed by atoms with E-state index in [1.807, 2.05) is 0 Å². The van der Waals surface area contributed by atoms with Crippen LogP contribution in [-0.2, 0) is 11.8 Å². The van der Waals surface area contributed by atoms with Gasteiger partial charge >= 0.3 is 5.97 Å². The molecule has 2 rings (SSSR count). The highest BCUT2D eigenvalue weighted by Crippen LogP contribution is 2.30. The summed E-state index contributed by atoms with van der Waals surface area (Å²) >= 11 is 6.03. The maximum absolute atomic E-state index is 12.2. The lowest BCUT2D eigenvalue weighted by Crippen LogP contribution is -2.52. The second-order valence-electron chi connectivity index (χ2n) is 4.92. The number of carboxylic acids is 1. The fourth-order valence-corrected chi connectivity index (χ4v) is 2.62. The lowest BCUT2D eigenvalue weighted by Gasteiger charge is -2.24. The van der Waals surface area contributed by atoms with E-state index in [4.69, 9.17) is 11.6 Å². The molecule has 0 aromatic carbocycles. The van der Waals surface area contributed by atoms with Gasteiger partial charge in [0.2, 0.25) is 0 Å². The lowest BCUT2D eigenvalue weighted by atomic mass is 9.97. The maximum Gasteiger partial charge on any atom is 0.329 e. The van der Waals surface area contributed by atoms with Crippen molar-refractivity contribution >= 4 is 23.5 Å². The Morgan fingerprint density at radius 3 is 2.42 bits per heavy atom. The van der Waals surface area contributed by atoms with Crippen molar-refractivity contribution in [2.45, 2.75) is 38.1 Å². The number of halogens is 1. The number of aromatic nitrogens is 2. The van der Waals surface area contributed by atoms with Crippen molar-refractivity contribution in [1.29, 1.82) is 0 Å². The van der Waals surface area contributed by atoms with Gasteiger partial charge in [-0.2, -0.15) is 5.10 Å². The third-order valence-electron chi connectivity index (χ3n) is 3.70. The zero-order valence-electron chi connectivity index (χ0n) is 10.9. The molecule has 0 unspecified atom stereocenters. The van der Waals surface area contributed by atoms with E-state index < -0.39 is 17.4 Å². The van der Waals surface area contributed by atoms with Crippen LogP contribution in [-0.4, -0.2) is 32.3 Å². The molecule has 104 valence electrons. The van der Waals surface area contributed by atoms with Gasteiger partial charge in [0, 0.05) is 7.05 Å². The van der Waals surface area contributed by atoms with Gasteiger partial charge in [0.05, 0.1) is 10.7 Å². The van der Waals surface area contributed by atoms with Crippen LogP contribution in [0.3, 0.4) is 0 Å². The SMILES string of the molecule is Cc1c(Cl)c(C(=O)NC2(C(=O)O)CCCC2)nn1C. The van der Waals surface area contributed by atoms with Crippen LogP contribution in [0.15, 0.2) is 0 Å². The first-order valence-electron chi connectivity index (χ1n) is 6.12. The van der Waals surface area contributed by atoms with Crippen molar-refractivity contribution < 1.29 is 14.7 Å². The number of nitrogens with zero attached hydrogens (tertiary/aromatic N) is 2. The Morgan fingerprint density at radius 2 is 2.00 bits per heavy atom. The predicted molar refractivity (Wildman–Crippen MR) is 69.3 cm³/mol. The van der Waals surface area contributed by atoms with Gasteiger partial charge in [-0.25, -0.2) is 4.79 Å². The molecule has 1 aromatic rings. The van der Waals surface area contributed by atoms with Crippen LogP contribution in [0.1, 0.15) is 41.9 Å². The summed E-state index contributed by atoms with van der Waals surface area (Å²) in [5, 5.41) is 16.2. The van der Waals surface area contributed by atoms with Gasteiger partial charge in [-0.1, -0.05) is 24.4 Å². The zero-order chi connectivity index (χ0) is 14.2. The Labute approximate surface area is 115 Å². The molecule has 2 N–H and O–H groups in total. The normalized spacial score (nSPS) is 17.4. The van der Waals surface area contributed by atoms with Crippen molar-refractivity contribution in [2.75, 3.05) is 0 Å². The molecule has 0 radical (unpaired) electrons. The van der Waals surface area contributed by atoms with E-state index in [2.05, 4.69) is 10.4 Å². The van der Waals surface area contributed by atoms with E-state index in [1.54, 1.807) is 14.0 Å². The van der Waals surface area contributed by atoms with Gasteiger partial charge in [-0.15, -0.1) is 0 Å². The summed E-state index contributed by atoms with van der Waals surface area (Å²) in [5.41, 5.74) is -0.428. The molecule has 1 heterocycles. The second kappa shape index (κ2) is 4.85. The van der Waals surface area contributed by atoms with Gasteiger partial charge < -0.3 is 10.4 Å². The molecule has 1 fully saturated rings. The van der Waals surface area contributed by atoms with Gasteiger partial charge in [0.25, 0.3) is 5.91 Å². The Balaban J connectivity index is 2.25. The number of aliphatic carboxylic acids is 1. The summed E-state index contributed by atoms with van der Waals surface area (Å²) in [5.74, 6) is -1.53. The van der Waals surface area contributed by atoms with Gasteiger partial charge in [0.1, 0.15) is 5.54 Å². The van der Waals surface area contributed by atoms with Crippen LogP contribution in [0.2, 0.25) is 5.02 Å². The van der Waals surface area contributed by atoms with E-state index in [0.717, 1.165) is 12.8 Å². The minimum Gasteiger partial charge on any atom is -0.480 e. The van der Waals surface area contributed by atoms with Crippen LogP contribution in [0, 0.1) is 6.92 Å². The predicted octanol–water partition coefficient (Wildman–Crippen LogP) is 1.51. The average molecular weight is 286 g/mol. The van der Waals surface area contributed by atoms with Crippen LogP contribution >= 0.6 is 11.6 Å². The van der Waals surface area contributed by atoms with Crippen molar-refractivity contribution in [3.8, 4) is 0 Å². The maximum atomic E-state index is 12.2. The first-order chi connectivity index (χ1) is 8.87. The van der Waals surface area contributed by atoms with E-state index >= 15 is 0 Å². The summed E-state index contributed by atoms with van der Waals surface area (Å²) in [6.07, 6.45) is 2.47. The number of nitrogens with one attached hydrogen (secondary N) is 1. The van der Waals surface area contributed by atoms with E-state index in [1.165, 1.54) is 4.68 Å². The fraction of sp³-hybridized carbons (Fsp3) is 0.583. The Bertz CT molecular complexity index is 533. The zero-order valence-corrected chi connectivity index (χ0v) is 11.6.